The van der Waals surface area contributed by atoms with Gasteiger partial charge in [-0.15, -0.1) is 0 Å². The molecule has 0 aliphatic carbocycles. The second-order valence-electron chi connectivity index (χ2n) is 6.08. The normalized spacial score (nSPS) is 10.6. The summed E-state index contributed by atoms with van der Waals surface area (Å²) in [6, 6.07) is 8.87. The zero-order valence-electron chi connectivity index (χ0n) is 14.8. The summed E-state index contributed by atoms with van der Waals surface area (Å²) in [5, 5.41) is 0.477. The van der Waals surface area contributed by atoms with Gasteiger partial charge in [0.1, 0.15) is 17.2 Å². The molecule has 0 aliphatic heterocycles. The fourth-order valence-corrected chi connectivity index (χ4v) is 2.62. The molecular weight excluding hydrogens is 350 g/mol. The average Bonchev–Trinajstić information content (AvgIpc) is 2.57. The molecule has 3 aromatic rings. The molecule has 5 nitrogen and oxygen atoms in total. The number of rotatable bonds is 5. The highest BCUT2D eigenvalue weighted by Gasteiger charge is 2.13. The molecule has 0 aromatic carbocycles. The van der Waals surface area contributed by atoms with Crippen LogP contribution in [0, 0.1) is 20.8 Å². The minimum absolute atomic E-state index is 0.112. The molecule has 26 heavy (non-hydrogen) atoms. The van der Waals surface area contributed by atoms with Crippen molar-refractivity contribution >= 4 is 17.4 Å². The van der Waals surface area contributed by atoms with Crippen molar-refractivity contribution in [3.63, 3.8) is 0 Å². The highest BCUT2D eigenvalue weighted by Crippen LogP contribution is 2.24. The van der Waals surface area contributed by atoms with Crippen LogP contribution in [-0.2, 0) is 6.42 Å². The molecule has 0 radical (unpaired) electrons. The molecule has 3 aromatic heterocycles. The van der Waals surface area contributed by atoms with Gasteiger partial charge in [-0.3, -0.25) is 14.8 Å². The molecule has 3 heterocycles. The summed E-state index contributed by atoms with van der Waals surface area (Å²) in [5.74, 6) is 0.897. The topological polar surface area (TPSA) is 65.0 Å². The Hall–Kier alpha value is -2.79. The van der Waals surface area contributed by atoms with Crippen molar-refractivity contribution in [3.05, 3.63) is 76.1 Å². The van der Waals surface area contributed by atoms with Crippen molar-refractivity contribution < 1.29 is 9.53 Å². The zero-order valence-corrected chi connectivity index (χ0v) is 15.5. The van der Waals surface area contributed by atoms with E-state index in [1.54, 1.807) is 24.4 Å². The van der Waals surface area contributed by atoms with Gasteiger partial charge in [-0.1, -0.05) is 17.7 Å². The fourth-order valence-electron chi connectivity index (χ4n) is 2.46. The Morgan fingerprint density at radius 3 is 2.58 bits per heavy atom. The number of hydrogen-bond acceptors (Lipinski definition) is 5. The van der Waals surface area contributed by atoms with E-state index in [-0.39, 0.29) is 12.2 Å². The Morgan fingerprint density at radius 2 is 1.85 bits per heavy atom. The minimum Gasteiger partial charge on any atom is -0.456 e. The van der Waals surface area contributed by atoms with Crippen LogP contribution in [0.15, 0.2) is 42.7 Å². The van der Waals surface area contributed by atoms with Gasteiger partial charge in [0.15, 0.2) is 5.78 Å². The number of nitrogens with zero attached hydrogens (tertiary/aromatic N) is 3. The third kappa shape index (κ3) is 4.43. The summed E-state index contributed by atoms with van der Waals surface area (Å²) >= 11 is 5.92. The lowest BCUT2D eigenvalue weighted by molar-refractivity contribution is 0.0986. The molecule has 0 saturated heterocycles. The van der Waals surface area contributed by atoms with Gasteiger partial charge in [-0.2, -0.15) is 0 Å². The lowest BCUT2D eigenvalue weighted by atomic mass is 10.1. The van der Waals surface area contributed by atoms with E-state index in [0.717, 1.165) is 17.0 Å². The molecule has 0 fully saturated rings. The van der Waals surface area contributed by atoms with Crippen LogP contribution in [0.4, 0.5) is 0 Å². The number of carbonyl (C=O) groups excluding carboxylic acids is 1. The number of ketones is 1. The number of ether oxygens (including phenoxy) is 1. The summed E-state index contributed by atoms with van der Waals surface area (Å²) in [4.78, 5) is 25.4. The molecule has 132 valence electrons. The molecule has 6 heteroatoms. The number of pyridine rings is 3. The van der Waals surface area contributed by atoms with E-state index in [0.29, 0.717) is 27.9 Å². The van der Waals surface area contributed by atoms with Gasteiger partial charge in [0.05, 0.1) is 17.6 Å². The van der Waals surface area contributed by atoms with Gasteiger partial charge in [-0.25, -0.2) is 4.98 Å². The number of Topliss-reactive ketones (excluding diaryl/α,β-unsaturated/α-hetero) is 1. The Labute approximate surface area is 157 Å². The molecule has 0 bridgehead atoms. The predicted octanol–water partition coefficient (Wildman–Crippen LogP) is 4.67. The first-order valence-corrected chi connectivity index (χ1v) is 8.52. The van der Waals surface area contributed by atoms with E-state index in [4.69, 9.17) is 16.3 Å². The van der Waals surface area contributed by atoms with Crippen molar-refractivity contribution in [3.8, 4) is 11.5 Å². The largest absolute Gasteiger partial charge is 0.456 e. The second kappa shape index (κ2) is 7.62. The van der Waals surface area contributed by atoms with E-state index in [1.807, 2.05) is 32.9 Å². The third-order valence-electron chi connectivity index (χ3n) is 3.88. The number of aryl methyl sites for hydroxylation is 3. The number of halogens is 1. The van der Waals surface area contributed by atoms with Gasteiger partial charge in [0.2, 0.25) is 0 Å². The van der Waals surface area contributed by atoms with Crippen LogP contribution in [0.25, 0.3) is 0 Å². The van der Waals surface area contributed by atoms with Gasteiger partial charge in [0, 0.05) is 41.5 Å². The van der Waals surface area contributed by atoms with Crippen molar-refractivity contribution in [1.29, 1.82) is 0 Å². The van der Waals surface area contributed by atoms with Crippen LogP contribution in [-0.4, -0.2) is 20.7 Å². The lowest BCUT2D eigenvalue weighted by Gasteiger charge is -2.09. The summed E-state index contributed by atoms with van der Waals surface area (Å²) in [6.07, 6.45) is 3.27. The Bertz CT molecular complexity index is 973. The lowest BCUT2D eigenvalue weighted by Crippen LogP contribution is -2.09. The molecule has 0 amide bonds. The molecule has 0 N–H and O–H groups in total. The molecular formula is C20H18ClN3O2. The van der Waals surface area contributed by atoms with E-state index >= 15 is 0 Å². The Balaban J connectivity index is 1.82. The van der Waals surface area contributed by atoms with Crippen LogP contribution < -0.4 is 4.74 Å². The summed E-state index contributed by atoms with van der Waals surface area (Å²) in [6.45, 7) is 5.73. The maximum atomic E-state index is 12.6. The Kier molecular flexibility index (Phi) is 5.28. The van der Waals surface area contributed by atoms with Crippen LogP contribution in [0.3, 0.4) is 0 Å². The first-order valence-electron chi connectivity index (χ1n) is 8.14. The first-order chi connectivity index (χ1) is 12.4. The quantitative estimate of drug-likeness (QED) is 0.613. The zero-order chi connectivity index (χ0) is 18.7. The first kappa shape index (κ1) is 18.0. The number of carbonyl (C=O) groups is 1. The highest BCUT2D eigenvalue weighted by atomic mass is 35.5. The van der Waals surface area contributed by atoms with E-state index in [2.05, 4.69) is 15.0 Å². The molecule has 0 spiro atoms. The standard InChI is InChI=1S/C20H18ClN3O2/c1-12-4-5-16(24-14(12)3)8-20(25)19-9-17(6-13(2)23-19)26-18-7-15(21)10-22-11-18/h4-7,9-11H,8H2,1-3H3. The fraction of sp³-hybridized carbons (Fsp3) is 0.200. The van der Waals surface area contributed by atoms with Crippen LogP contribution in [0.1, 0.15) is 33.1 Å². The van der Waals surface area contributed by atoms with E-state index < -0.39 is 0 Å². The highest BCUT2D eigenvalue weighted by molar-refractivity contribution is 6.30. The van der Waals surface area contributed by atoms with E-state index in [1.165, 1.54) is 6.20 Å². The number of hydrogen-bond donors (Lipinski definition) is 0. The van der Waals surface area contributed by atoms with Gasteiger partial charge in [-0.05, 0) is 32.4 Å². The molecule has 0 aliphatic rings. The molecule has 0 atom stereocenters. The molecule has 3 rings (SSSR count). The maximum Gasteiger partial charge on any atom is 0.187 e. The maximum absolute atomic E-state index is 12.6. The van der Waals surface area contributed by atoms with Crippen LogP contribution in [0.2, 0.25) is 5.02 Å². The molecule has 0 unspecified atom stereocenters. The number of aromatic nitrogens is 3. The monoisotopic (exact) mass is 367 g/mol. The molecule has 0 saturated carbocycles. The summed E-state index contributed by atoms with van der Waals surface area (Å²) in [5.41, 5.74) is 3.78. The van der Waals surface area contributed by atoms with Gasteiger partial charge in [0.25, 0.3) is 0 Å². The summed E-state index contributed by atoms with van der Waals surface area (Å²) in [7, 11) is 0. The predicted molar refractivity (Wildman–Crippen MR) is 100 cm³/mol. The second-order valence-corrected chi connectivity index (χ2v) is 6.51. The third-order valence-corrected chi connectivity index (χ3v) is 4.08. The van der Waals surface area contributed by atoms with Crippen LogP contribution >= 0.6 is 11.6 Å². The van der Waals surface area contributed by atoms with E-state index in [9.17, 15) is 4.79 Å². The van der Waals surface area contributed by atoms with Gasteiger partial charge < -0.3 is 4.74 Å². The average molecular weight is 368 g/mol. The Morgan fingerprint density at radius 1 is 1.04 bits per heavy atom. The minimum atomic E-state index is -0.112. The van der Waals surface area contributed by atoms with Crippen molar-refractivity contribution in [2.45, 2.75) is 27.2 Å². The van der Waals surface area contributed by atoms with Crippen LogP contribution in [0.5, 0.6) is 11.5 Å². The van der Waals surface area contributed by atoms with Crippen molar-refractivity contribution in [1.82, 2.24) is 15.0 Å². The van der Waals surface area contributed by atoms with Crippen molar-refractivity contribution in [2.75, 3.05) is 0 Å². The summed E-state index contributed by atoms with van der Waals surface area (Å²) < 4.78 is 5.76. The SMILES string of the molecule is Cc1cc(Oc2cncc(Cl)c2)cc(C(=O)Cc2ccc(C)c(C)n2)n1. The van der Waals surface area contributed by atoms with Crippen molar-refractivity contribution in [2.24, 2.45) is 0 Å². The van der Waals surface area contributed by atoms with Gasteiger partial charge >= 0.3 is 0 Å². The smallest absolute Gasteiger partial charge is 0.187 e.